The Morgan fingerprint density at radius 2 is 1.68 bits per heavy atom. The molecule has 5 heteroatoms. The van der Waals surface area contributed by atoms with Crippen molar-refractivity contribution in [3.63, 3.8) is 0 Å². The van der Waals surface area contributed by atoms with E-state index in [1.165, 1.54) is 12.1 Å². The molecule has 0 aliphatic heterocycles. The molecule has 0 bridgehead atoms. The lowest BCUT2D eigenvalue weighted by atomic mass is 9.87. The summed E-state index contributed by atoms with van der Waals surface area (Å²) in [7, 11) is 1.68. The van der Waals surface area contributed by atoms with Gasteiger partial charge in [-0.3, -0.25) is 0 Å². The number of benzene rings is 1. The van der Waals surface area contributed by atoms with E-state index in [1.54, 1.807) is 11.9 Å². The topological polar surface area (TPSA) is 29.3 Å². The van der Waals surface area contributed by atoms with E-state index in [-0.39, 0.29) is 27.7 Å². The molecule has 0 fully saturated rings. The zero-order valence-electron chi connectivity index (χ0n) is 11.9. The molecule has 2 nitrogen and oxygen atoms in total. The molecule has 1 rings (SSSR count). The molecule has 2 N–H and O–H groups in total. The summed E-state index contributed by atoms with van der Waals surface area (Å²) in [4.78, 5) is 1.59. The van der Waals surface area contributed by atoms with E-state index in [0.717, 1.165) is 0 Å². The Kier molecular flexibility index (Phi) is 4.50. The van der Waals surface area contributed by atoms with Crippen LogP contribution in [0.1, 0.15) is 33.3 Å². The van der Waals surface area contributed by atoms with Gasteiger partial charge >= 0.3 is 0 Å². The fraction of sp³-hybridized carbons (Fsp3) is 0.500. The molecule has 106 valence electrons. The van der Waals surface area contributed by atoms with Gasteiger partial charge in [0.05, 0.1) is 0 Å². The Bertz CT molecular complexity index is 472. The van der Waals surface area contributed by atoms with Crippen molar-refractivity contribution < 1.29 is 8.78 Å². The number of nitrogens with zero attached hydrogens (tertiary/aromatic N) is 1. The zero-order valence-corrected chi connectivity index (χ0v) is 12.7. The number of nitrogens with two attached hydrogens (primary N) is 1. The van der Waals surface area contributed by atoms with Crippen molar-refractivity contribution in [1.29, 1.82) is 0 Å². The van der Waals surface area contributed by atoms with Crippen LogP contribution in [0.25, 0.3) is 0 Å². The quantitative estimate of drug-likeness (QED) is 0.863. The molecule has 1 aromatic carbocycles. The number of hydrogen-bond acceptors (Lipinski definition) is 2. The second kappa shape index (κ2) is 5.41. The van der Waals surface area contributed by atoms with E-state index < -0.39 is 11.6 Å². The van der Waals surface area contributed by atoms with Crippen LogP contribution in [-0.4, -0.2) is 18.1 Å². The molecule has 0 spiro atoms. The molecular formula is C14H20F2N2S. The van der Waals surface area contributed by atoms with Crippen LogP contribution in [0.15, 0.2) is 12.1 Å². The van der Waals surface area contributed by atoms with E-state index >= 15 is 0 Å². The highest BCUT2D eigenvalue weighted by Crippen LogP contribution is 2.31. The van der Waals surface area contributed by atoms with Gasteiger partial charge in [0.15, 0.2) is 0 Å². The van der Waals surface area contributed by atoms with Gasteiger partial charge in [0, 0.05) is 18.7 Å². The van der Waals surface area contributed by atoms with Crippen molar-refractivity contribution in [1.82, 2.24) is 0 Å². The number of anilines is 1. The van der Waals surface area contributed by atoms with Gasteiger partial charge in [-0.1, -0.05) is 33.0 Å². The minimum atomic E-state index is -0.651. The Balaban J connectivity index is 3.25. The Morgan fingerprint density at radius 3 is 2.00 bits per heavy atom. The number of rotatable bonds is 3. The molecule has 19 heavy (non-hydrogen) atoms. The molecular weight excluding hydrogens is 266 g/mol. The van der Waals surface area contributed by atoms with E-state index in [4.69, 9.17) is 18.0 Å². The highest BCUT2D eigenvalue weighted by molar-refractivity contribution is 7.80. The van der Waals surface area contributed by atoms with Crippen LogP contribution in [0.5, 0.6) is 0 Å². The van der Waals surface area contributed by atoms with E-state index in [2.05, 4.69) is 0 Å². The van der Waals surface area contributed by atoms with Gasteiger partial charge in [-0.05, 0) is 24.5 Å². The molecule has 0 amide bonds. The zero-order chi connectivity index (χ0) is 15.0. The minimum absolute atomic E-state index is 0.0177. The summed E-state index contributed by atoms with van der Waals surface area (Å²) in [5, 5.41) is 0. The maximum absolute atomic E-state index is 14.1. The van der Waals surface area contributed by atoms with Crippen molar-refractivity contribution >= 4 is 22.9 Å². The number of hydrogen-bond donors (Lipinski definition) is 1. The van der Waals surface area contributed by atoms with Crippen LogP contribution < -0.4 is 10.6 Å². The monoisotopic (exact) mass is 286 g/mol. The molecule has 0 radical (unpaired) electrons. The predicted molar refractivity (Wildman–Crippen MR) is 79.6 cm³/mol. The van der Waals surface area contributed by atoms with Gasteiger partial charge in [0.25, 0.3) is 0 Å². The molecule has 0 heterocycles. The summed E-state index contributed by atoms with van der Waals surface area (Å²) >= 11 is 4.73. The number of thiocarbonyl (C=S) groups is 1. The molecule has 0 aliphatic rings. The van der Waals surface area contributed by atoms with Crippen LogP contribution in [0, 0.1) is 17.0 Å². The second-order valence-electron chi connectivity index (χ2n) is 5.81. The van der Waals surface area contributed by atoms with Gasteiger partial charge in [0.2, 0.25) is 0 Å². The normalized spacial score (nSPS) is 13.2. The van der Waals surface area contributed by atoms with Crippen molar-refractivity contribution in [3.8, 4) is 0 Å². The Labute approximate surface area is 118 Å². The van der Waals surface area contributed by atoms with Crippen LogP contribution in [0.2, 0.25) is 0 Å². The van der Waals surface area contributed by atoms with Gasteiger partial charge < -0.3 is 10.6 Å². The number of halogens is 2. The summed E-state index contributed by atoms with van der Waals surface area (Å²) in [6, 6.07) is 2.31. The highest BCUT2D eigenvalue weighted by Gasteiger charge is 2.27. The first-order valence-corrected chi connectivity index (χ1v) is 6.48. The first-order chi connectivity index (χ1) is 8.55. The van der Waals surface area contributed by atoms with E-state index in [1.807, 2.05) is 27.7 Å². The van der Waals surface area contributed by atoms with Crippen LogP contribution in [0.3, 0.4) is 0 Å². The fourth-order valence-electron chi connectivity index (χ4n) is 1.82. The van der Waals surface area contributed by atoms with Gasteiger partial charge in [-0.2, -0.15) is 0 Å². The standard InChI is InChI=1S/C14H20F2N2S/c1-8(14(2,3)4)18(5)12-10(15)6-9(13(17)19)7-11(12)16/h6-8H,1-5H3,(H2,17,19). The molecule has 0 saturated carbocycles. The maximum Gasteiger partial charge on any atom is 0.150 e. The fourth-order valence-corrected chi connectivity index (χ4v) is 1.94. The van der Waals surface area contributed by atoms with E-state index in [9.17, 15) is 8.78 Å². The molecule has 0 aliphatic carbocycles. The van der Waals surface area contributed by atoms with Crippen molar-refractivity contribution in [2.75, 3.05) is 11.9 Å². The SMILES string of the molecule is CC(N(C)c1c(F)cc(C(N)=S)cc1F)C(C)(C)C. The predicted octanol–water partition coefficient (Wildman–Crippen LogP) is 3.47. The summed E-state index contributed by atoms with van der Waals surface area (Å²) in [5.74, 6) is -1.30. The average molecular weight is 286 g/mol. The summed E-state index contributed by atoms with van der Waals surface area (Å²) in [5.41, 5.74) is 5.44. The third kappa shape index (κ3) is 3.41. The lowest BCUT2D eigenvalue weighted by Gasteiger charge is -2.37. The molecule has 0 saturated heterocycles. The van der Waals surface area contributed by atoms with Crippen LogP contribution in [0.4, 0.5) is 14.5 Å². The first-order valence-electron chi connectivity index (χ1n) is 6.07. The molecule has 1 aromatic rings. The highest BCUT2D eigenvalue weighted by atomic mass is 32.1. The maximum atomic E-state index is 14.1. The summed E-state index contributed by atoms with van der Waals surface area (Å²) < 4.78 is 28.1. The first kappa shape index (κ1) is 15.8. The average Bonchev–Trinajstić information content (AvgIpc) is 2.25. The van der Waals surface area contributed by atoms with Crippen molar-refractivity contribution in [3.05, 3.63) is 29.3 Å². The Morgan fingerprint density at radius 1 is 1.26 bits per heavy atom. The van der Waals surface area contributed by atoms with Gasteiger partial charge in [-0.15, -0.1) is 0 Å². The summed E-state index contributed by atoms with van der Waals surface area (Å²) in [6.07, 6.45) is 0. The third-order valence-corrected chi connectivity index (χ3v) is 3.72. The van der Waals surface area contributed by atoms with Crippen molar-refractivity contribution in [2.24, 2.45) is 11.1 Å². The molecule has 1 atom stereocenters. The lowest BCUT2D eigenvalue weighted by Crippen LogP contribution is -2.40. The third-order valence-electron chi connectivity index (χ3n) is 3.49. The summed E-state index contributed by atoms with van der Waals surface area (Å²) in [6.45, 7) is 7.99. The minimum Gasteiger partial charge on any atom is -0.389 e. The second-order valence-corrected chi connectivity index (χ2v) is 6.25. The molecule has 1 unspecified atom stereocenters. The van der Waals surface area contributed by atoms with Crippen molar-refractivity contribution in [2.45, 2.75) is 33.7 Å². The lowest BCUT2D eigenvalue weighted by molar-refractivity contribution is 0.326. The Hall–Kier alpha value is -1.23. The smallest absolute Gasteiger partial charge is 0.150 e. The van der Waals surface area contributed by atoms with E-state index in [0.29, 0.717) is 0 Å². The van der Waals surface area contributed by atoms with Crippen LogP contribution in [-0.2, 0) is 0 Å². The van der Waals surface area contributed by atoms with Gasteiger partial charge in [-0.25, -0.2) is 8.78 Å². The van der Waals surface area contributed by atoms with Gasteiger partial charge in [0.1, 0.15) is 22.3 Å². The largest absolute Gasteiger partial charge is 0.389 e. The molecule has 0 aromatic heterocycles. The van der Waals surface area contributed by atoms with Crippen LogP contribution >= 0.6 is 12.2 Å².